The van der Waals surface area contributed by atoms with Crippen LogP contribution in [0.2, 0.25) is 0 Å². The van der Waals surface area contributed by atoms with Crippen LogP contribution in [0.1, 0.15) is 17.2 Å². The van der Waals surface area contributed by atoms with Crippen molar-refractivity contribution in [2.45, 2.75) is 13.0 Å². The average Bonchev–Trinajstić information content (AvgIpc) is 2.53. The Morgan fingerprint density at radius 3 is 3.00 bits per heavy atom. The zero-order valence-electron chi connectivity index (χ0n) is 9.01. The molecule has 0 saturated heterocycles. The Kier molecular flexibility index (Phi) is 2.89. The molecule has 4 nitrogen and oxygen atoms in total. The van der Waals surface area contributed by atoms with Crippen molar-refractivity contribution in [3.8, 4) is 0 Å². The molecule has 1 heterocycles. The Bertz CT molecular complexity index is 433. The van der Waals surface area contributed by atoms with E-state index in [1.807, 2.05) is 6.07 Å². The molecule has 1 amide bonds. The lowest BCUT2D eigenvalue weighted by atomic mass is 10.0. The van der Waals surface area contributed by atoms with E-state index < -0.39 is 6.04 Å². The Morgan fingerprint density at radius 2 is 2.31 bits per heavy atom. The summed E-state index contributed by atoms with van der Waals surface area (Å²) in [6.45, 7) is 2.76. The molecule has 1 aliphatic heterocycles. The molecule has 1 atom stereocenters. The Balaban J connectivity index is 2.36. The van der Waals surface area contributed by atoms with Crippen molar-refractivity contribution < 1.29 is 9.18 Å². The molecule has 0 aromatic heterocycles. The highest BCUT2D eigenvalue weighted by molar-refractivity contribution is 6.02. The van der Waals surface area contributed by atoms with Crippen LogP contribution in [0.15, 0.2) is 12.1 Å². The van der Waals surface area contributed by atoms with Gasteiger partial charge in [0.05, 0.1) is 5.69 Å². The molecule has 0 aliphatic carbocycles. The molecule has 16 heavy (non-hydrogen) atoms. The van der Waals surface area contributed by atoms with Crippen LogP contribution < -0.4 is 16.4 Å². The van der Waals surface area contributed by atoms with E-state index in [0.29, 0.717) is 18.7 Å². The third kappa shape index (κ3) is 1.79. The molecule has 0 bridgehead atoms. The van der Waals surface area contributed by atoms with Gasteiger partial charge in [0, 0.05) is 18.7 Å². The monoisotopic (exact) mass is 223 g/mol. The predicted molar refractivity (Wildman–Crippen MR) is 59.6 cm³/mol. The van der Waals surface area contributed by atoms with Crippen LogP contribution in [-0.4, -0.2) is 19.0 Å². The molecular formula is C11H14FN3O. The summed E-state index contributed by atoms with van der Waals surface area (Å²) < 4.78 is 13.6. The third-order valence-corrected chi connectivity index (χ3v) is 2.58. The Labute approximate surface area is 93.0 Å². The van der Waals surface area contributed by atoms with Crippen LogP contribution in [0.25, 0.3) is 0 Å². The number of aryl methyl sites for hydroxylation is 1. The van der Waals surface area contributed by atoms with Crippen molar-refractivity contribution in [2.75, 3.05) is 18.4 Å². The van der Waals surface area contributed by atoms with Crippen LogP contribution in [0, 0.1) is 12.7 Å². The summed E-state index contributed by atoms with van der Waals surface area (Å²) in [5.74, 6) is -0.617. The topological polar surface area (TPSA) is 67.1 Å². The van der Waals surface area contributed by atoms with Gasteiger partial charge in [0.25, 0.3) is 0 Å². The molecule has 0 spiro atoms. The lowest BCUT2D eigenvalue weighted by molar-refractivity contribution is -0.117. The molecular weight excluding hydrogens is 209 g/mol. The highest BCUT2D eigenvalue weighted by Crippen LogP contribution is 2.33. The number of hydrogen-bond acceptors (Lipinski definition) is 3. The van der Waals surface area contributed by atoms with Crippen LogP contribution in [0.3, 0.4) is 0 Å². The maximum Gasteiger partial charge on any atom is 0.246 e. The zero-order valence-corrected chi connectivity index (χ0v) is 9.01. The second-order valence-corrected chi connectivity index (χ2v) is 3.88. The van der Waals surface area contributed by atoms with Crippen molar-refractivity contribution in [3.05, 3.63) is 29.1 Å². The van der Waals surface area contributed by atoms with E-state index in [4.69, 9.17) is 5.73 Å². The molecule has 0 fully saturated rings. The number of carbonyl (C=O) groups is 1. The van der Waals surface area contributed by atoms with Gasteiger partial charge >= 0.3 is 0 Å². The van der Waals surface area contributed by atoms with Gasteiger partial charge in [-0.1, -0.05) is 6.07 Å². The van der Waals surface area contributed by atoms with Gasteiger partial charge in [-0.3, -0.25) is 4.79 Å². The summed E-state index contributed by atoms with van der Waals surface area (Å²) in [6, 6.07) is 2.72. The van der Waals surface area contributed by atoms with Gasteiger partial charge in [0.2, 0.25) is 5.91 Å². The number of carbonyl (C=O) groups excluding carboxylic acids is 1. The van der Waals surface area contributed by atoms with E-state index >= 15 is 0 Å². The first kappa shape index (κ1) is 11.0. The maximum atomic E-state index is 13.6. The van der Waals surface area contributed by atoms with Gasteiger partial charge in [-0.05, 0) is 18.6 Å². The van der Waals surface area contributed by atoms with Gasteiger partial charge in [-0.15, -0.1) is 0 Å². The quantitative estimate of drug-likeness (QED) is 0.705. The summed E-state index contributed by atoms with van der Waals surface area (Å²) >= 11 is 0. The first-order chi connectivity index (χ1) is 7.63. The minimum absolute atomic E-state index is 0.229. The summed E-state index contributed by atoms with van der Waals surface area (Å²) in [5.41, 5.74) is 7.11. The number of hydrogen-bond donors (Lipinski definition) is 3. The van der Waals surface area contributed by atoms with Crippen LogP contribution in [0.5, 0.6) is 0 Å². The fourth-order valence-electron chi connectivity index (χ4n) is 1.90. The highest BCUT2D eigenvalue weighted by Gasteiger charge is 2.32. The van der Waals surface area contributed by atoms with E-state index in [1.165, 1.54) is 6.07 Å². The average molecular weight is 223 g/mol. The molecule has 0 radical (unpaired) electrons. The Hall–Kier alpha value is -1.46. The summed E-state index contributed by atoms with van der Waals surface area (Å²) in [4.78, 5) is 11.6. The number of fused-ring (bicyclic) bond motifs is 1. The molecule has 2 rings (SSSR count). The van der Waals surface area contributed by atoms with E-state index in [-0.39, 0.29) is 17.4 Å². The van der Waals surface area contributed by atoms with Gasteiger partial charge < -0.3 is 16.4 Å². The number of rotatable bonds is 3. The minimum atomic E-state index is -0.493. The number of amides is 1. The molecule has 4 N–H and O–H groups in total. The van der Waals surface area contributed by atoms with E-state index in [2.05, 4.69) is 10.6 Å². The lowest BCUT2D eigenvalue weighted by Gasteiger charge is -2.10. The van der Waals surface area contributed by atoms with Crippen molar-refractivity contribution >= 4 is 11.6 Å². The highest BCUT2D eigenvalue weighted by atomic mass is 19.1. The number of halogens is 1. The zero-order chi connectivity index (χ0) is 11.7. The minimum Gasteiger partial charge on any atom is -0.329 e. The smallest absolute Gasteiger partial charge is 0.246 e. The number of nitrogens with two attached hydrogens (primary N) is 1. The summed E-state index contributed by atoms with van der Waals surface area (Å²) in [6.07, 6.45) is 0. The normalized spacial score (nSPS) is 18.4. The van der Waals surface area contributed by atoms with Gasteiger partial charge in [0.1, 0.15) is 11.9 Å². The van der Waals surface area contributed by atoms with E-state index in [0.717, 1.165) is 5.56 Å². The SMILES string of the molecule is Cc1cc(F)c2c(c1)C(NCCN)C(=O)N2. The second kappa shape index (κ2) is 4.19. The third-order valence-electron chi connectivity index (χ3n) is 2.58. The molecule has 0 saturated carbocycles. The van der Waals surface area contributed by atoms with E-state index in [9.17, 15) is 9.18 Å². The van der Waals surface area contributed by atoms with Gasteiger partial charge in [-0.2, -0.15) is 0 Å². The predicted octanol–water partition coefficient (Wildman–Crippen LogP) is 0.676. The van der Waals surface area contributed by atoms with Gasteiger partial charge in [0.15, 0.2) is 0 Å². The first-order valence-corrected chi connectivity index (χ1v) is 5.18. The van der Waals surface area contributed by atoms with Crippen LogP contribution >= 0.6 is 0 Å². The molecule has 1 aromatic rings. The fraction of sp³-hybridized carbons (Fsp3) is 0.364. The molecule has 1 aliphatic rings. The maximum absolute atomic E-state index is 13.6. The van der Waals surface area contributed by atoms with Crippen molar-refractivity contribution in [1.82, 2.24) is 5.32 Å². The standard InChI is InChI=1S/C11H14FN3O/c1-6-4-7-9(8(12)5-6)15-11(16)10(7)14-3-2-13/h4-5,10,14H,2-3,13H2,1H3,(H,15,16). The Morgan fingerprint density at radius 1 is 1.56 bits per heavy atom. The van der Waals surface area contributed by atoms with Crippen LogP contribution in [0.4, 0.5) is 10.1 Å². The van der Waals surface area contributed by atoms with Crippen molar-refractivity contribution in [1.29, 1.82) is 0 Å². The molecule has 1 aromatic carbocycles. The molecule has 86 valence electrons. The summed E-state index contributed by atoms with van der Waals surface area (Å²) in [5, 5.41) is 5.52. The van der Waals surface area contributed by atoms with Crippen LogP contribution in [-0.2, 0) is 4.79 Å². The van der Waals surface area contributed by atoms with Crippen molar-refractivity contribution in [3.63, 3.8) is 0 Å². The molecule has 1 unspecified atom stereocenters. The lowest BCUT2D eigenvalue weighted by Crippen LogP contribution is -2.31. The fourth-order valence-corrected chi connectivity index (χ4v) is 1.90. The number of benzene rings is 1. The summed E-state index contributed by atoms with van der Waals surface area (Å²) in [7, 11) is 0. The number of nitrogens with one attached hydrogen (secondary N) is 2. The van der Waals surface area contributed by atoms with Crippen molar-refractivity contribution in [2.24, 2.45) is 5.73 Å². The largest absolute Gasteiger partial charge is 0.329 e. The van der Waals surface area contributed by atoms with E-state index in [1.54, 1.807) is 6.92 Å². The first-order valence-electron chi connectivity index (χ1n) is 5.18. The van der Waals surface area contributed by atoms with Gasteiger partial charge in [-0.25, -0.2) is 4.39 Å². The number of anilines is 1. The molecule has 5 heteroatoms. The second-order valence-electron chi connectivity index (χ2n) is 3.88.